The molecule has 33 heavy (non-hydrogen) atoms. The fourth-order valence-corrected chi connectivity index (χ4v) is 4.44. The predicted molar refractivity (Wildman–Crippen MR) is 126 cm³/mol. The molecular formula is C26H29N3O4. The number of piperidine rings is 1. The van der Waals surface area contributed by atoms with Crippen LogP contribution >= 0.6 is 0 Å². The first kappa shape index (κ1) is 22.6. The van der Waals surface area contributed by atoms with E-state index in [0.717, 1.165) is 29.9 Å². The highest BCUT2D eigenvalue weighted by Crippen LogP contribution is 2.30. The zero-order valence-corrected chi connectivity index (χ0v) is 19.5. The number of benzene rings is 2. The highest BCUT2D eigenvalue weighted by Gasteiger charge is 2.30. The first-order chi connectivity index (χ1) is 15.9. The Morgan fingerprint density at radius 2 is 1.76 bits per heavy atom. The second-order valence-corrected chi connectivity index (χ2v) is 8.41. The molecular weight excluding hydrogens is 418 g/mol. The molecule has 1 fully saturated rings. The van der Waals surface area contributed by atoms with E-state index in [0.29, 0.717) is 35.7 Å². The van der Waals surface area contributed by atoms with Crippen molar-refractivity contribution in [2.45, 2.75) is 26.7 Å². The Bertz CT molecular complexity index is 1180. The van der Waals surface area contributed by atoms with E-state index in [9.17, 15) is 9.59 Å². The summed E-state index contributed by atoms with van der Waals surface area (Å²) in [6.45, 7) is 4.97. The molecule has 1 atom stereocenters. The number of rotatable bonds is 6. The zero-order valence-electron chi connectivity index (χ0n) is 19.5. The lowest BCUT2D eigenvalue weighted by Gasteiger charge is -2.32. The molecule has 0 bridgehead atoms. The molecule has 1 saturated heterocycles. The number of amides is 1. The molecule has 2 aromatic carbocycles. The van der Waals surface area contributed by atoms with Crippen molar-refractivity contribution < 1.29 is 19.1 Å². The minimum Gasteiger partial charge on any atom is -0.493 e. The Balaban J connectivity index is 1.52. The van der Waals surface area contributed by atoms with Crippen molar-refractivity contribution in [3.8, 4) is 17.2 Å². The average Bonchev–Trinajstić information content (AvgIpc) is 3.20. The van der Waals surface area contributed by atoms with E-state index in [1.54, 1.807) is 37.3 Å². The maximum absolute atomic E-state index is 13.3. The number of carbonyl (C=O) groups is 2. The second-order valence-electron chi connectivity index (χ2n) is 8.41. The molecule has 3 aromatic rings. The van der Waals surface area contributed by atoms with Crippen LogP contribution in [0.1, 0.15) is 44.9 Å². The molecule has 0 saturated carbocycles. The Morgan fingerprint density at radius 3 is 2.45 bits per heavy atom. The maximum Gasteiger partial charge on any atom is 0.253 e. The summed E-state index contributed by atoms with van der Waals surface area (Å²) < 4.78 is 12.4. The Morgan fingerprint density at radius 1 is 0.970 bits per heavy atom. The first-order valence-corrected chi connectivity index (χ1v) is 11.1. The standard InChI is InChI=1S/C26H29N3O4/c1-17-13-18(2)29(27-17)22-9-5-7-20(14-22)26(31)28-12-6-8-21(16-28)25(30)19-10-11-23(32-3)24(15-19)33-4/h5,7,9-11,13-15,21H,6,8,12,16H2,1-4H3/t21-/m1/s1. The van der Waals surface area contributed by atoms with Crippen LogP contribution in [0, 0.1) is 19.8 Å². The van der Waals surface area contributed by atoms with Crippen molar-refractivity contribution in [1.82, 2.24) is 14.7 Å². The summed E-state index contributed by atoms with van der Waals surface area (Å²) in [4.78, 5) is 28.3. The quantitative estimate of drug-likeness (QED) is 0.529. The lowest BCUT2D eigenvalue weighted by atomic mass is 9.89. The predicted octanol–water partition coefficient (Wildman–Crippen LogP) is 4.24. The number of carbonyl (C=O) groups excluding carboxylic acids is 2. The van der Waals surface area contributed by atoms with Gasteiger partial charge in [-0.05, 0) is 69.2 Å². The molecule has 0 N–H and O–H groups in total. The lowest BCUT2D eigenvalue weighted by Crippen LogP contribution is -2.42. The maximum atomic E-state index is 13.3. The lowest BCUT2D eigenvalue weighted by molar-refractivity contribution is 0.0637. The van der Waals surface area contributed by atoms with Gasteiger partial charge >= 0.3 is 0 Å². The van der Waals surface area contributed by atoms with E-state index in [1.165, 1.54) is 0 Å². The number of methoxy groups -OCH3 is 2. The van der Waals surface area contributed by atoms with Gasteiger partial charge in [-0.2, -0.15) is 5.10 Å². The number of hydrogen-bond acceptors (Lipinski definition) is 5. The number of ether oxygens (including phenoxy) is 2. The van der Waals surface area contributed by atoms with E-state index in [1.807, 2.05) is 48.9 Å². The third-order valence-corrected chi connectivity index (χ3v) is 6.09. The van der Waals surface area contributed by atoms with Crippen LogP contribution in [0.5, 0.6) is 11.5 Å². The number of aryl methyl sites for hydroxylation is 2. The molecule has 0 spiro atoms. The van der Waals surface area contributed by atoms with Gasteiger partial charge in [-0.25, -0.2) is 4.68 Å². The van der Waals surface area contributed by atoms with E-state index in [-0.39, 0.29) is 17.6 Å². The van der Waals surface area contributed by atoms with Crippen LogP contribution in [-0.2, 0) is 0 Å². The van der Waals surface area contributed by atoms with Gasteiger partial charge in [0.1, 0.15) is 0 Å². The van der Waals surface area contributed by atoms with Gasteiger partial charge in [-0.1, -0.05) is 6.07 Å². The summed E-state index contributed by atoms with van der Waals surface area (Å²) in [6.07, 6.45) is 1.54. The highest BCUT2D eigenvalue weighted by molar-refractivity contribution is 6.00. The van der Waals surface area contributed by atoms with Crippen LogP contribution in [0.25, 0.3) is 5.69 Å². The molecule has 1 aliphatic rings. The summed E-state index contributed by atoms with van der Waals surface area (Å²) in [7, 11) is 3.11. The summed E-state index contributed by atoms with van der Waals surface area (Å²) >= 11 is 0. The third kappa shape index (κ3) is 4.62. The summed E-state index contributed by atoms with van der Waals surface area (Å²) in [5.74, 6) is 0.804. The van der Waals surface area contributed by atoms with E-state index in [2.05, 4.69) is 5.10 Å². The molecule has 7 heteroatoms. The minimum absolute atomic E-state index is 0.0184. The first-order valence-electron chi connectivity index (χ1n) is 11.1. The molecule has 2 heterocycles. The molecule has 7 nitrogen and oxygen atoms in total. The minimum atomic E-state index is -0.250. The molecule has 0 radical (unpaired) electrons. The second kappa shape index (κ2) is 9.48. The van der Waals surface area contributed by atoms with Crippen molar-refractivity contribution >= 4 is 11.7 Å². The molecule has 1 amide bonds. The monoisotopic (exact) mass is 447 g/mol. The Labute approximate surface area is 193 Å². The smallest absolute Gasteiger partial charge is 0.253 e. The molecule has 1 aromatic heterocycles. The fourth-order valence-electron chi connectivity index (χ4n) is 4.44. The molecule has 172 valence electrons. The van der Waals surface area contributed by atoms with Gasteiger partial charge in [0.05, 0.1) is 25.6 Å². The topological polar surface area (TPSA) is 73.7 Å². The zero-order chi connectivity index (χ0) is 23.5. The Kier molecular flexibility index (Phi) is 6.49. The van der Waals surface area contributed by atoms with Crippen molar-refractivity contribution in [3.63, 3.8) is 0 Å². The number of aromatic nitrogens is 2. The molecule has 4 rings (SSSR count). The van der Waals surface area contributed by atoms with Gasteiger partial charge in [0, 0.05) is 35.8 Å². The number of likely N-dealkylation sites (tertiary alicyclic amines) is 1. The van der Waals surface area contributed by atoms with E-state index in [4.69, 9.17) is 9.47 Å². The fraction of sp³-hybridized carbons (Fsp3) is 0.346. The molecule has 0 unspecified atom stereocenters. The Hall–Kier alpha value is -3.61. The van der Waals surface area contributed by atoms with Gasteiger partial charge in [0.25, 0.3) is 5.91 Å². The van der Waals surface area contributed by atoms with Crippen molar-refractivity contribution in [2.24, 2.45) is 5.92 Å². The highest BCUT2D eigenvalue weighted by atomic mass is 16.5. The molecule has 1 aliphatic heterocycles. The van der Waals surface area contributed by atoms with Crippen LogP contribution in [-0.4, -0.2) is 53.7 Å². The SMILES string of the molecule is COc1ccc(C(=O)[C@@H]2CCCN(C(=O)c3cccc(-n4nc(C)cc4C)c3)C2)cc1OC. The van der Waals surface area contributed by atoms with Gasteiger partial charge in [0.2, 0.25) is 0 Å². The van der Waals surface area contributed by atoms with Crippen LogP contribution < -0.4 is 9.47 Å². The van der Waals surface area contributed by atoms with E-state index >= 15 is 0 Å². The number of hydrogen-bond donors (Lipinski definition) is 0. The average molecular weight is 448 g/mol. The summed E-state index contributed by atoms with van der Waals surface area (Å²) in [6, 6.07) is 14.7. The van der Waals surface area contributed by atoms with Crippen LogP contribution in [0.2, 0.25) is 0 Å². The normalized spacial score (nSPS) is 15.9. The largest absolute Gasteiger partial charge is 0.493 e. The summed E-state index contributed by atoms with van der Waals surface area (Å²) in [5, 5.41) is 4.52. The van der Waals surface area contributed by atoms with Crippen LogP contribution in [0.15, 0.2) is 48.5 Å². The van der Waals surface area contributed by atoms with Crippen LogP contribution in [0.3, 0.4) is 0 Å². The molecule has 0 aliphatic carbocycles. The summed E-state index contributed by atoms with van der Waals surface area (Å²) in [5.41, 5.74) is 3.95. The number of ketones is 1. The van der Waals surface area contributed by atoms with E-state index < -0.39 is 0 Å². The van der Waals surface area contributed by atoms with Crippen molar-refractivity contribution in [3.05, 3.63) is 71.0 Å². The number of Topliss-reactive ketones (excluding diaryl/α,β-unsaturated/α-hetero) is 1. The third-order valence-electron chi connectivity index (χ3n) is 6.09. The van der Waals surface area contributed by atoms with Gasteiger partial charge in [-0.3, -0.25) is 9.59 Å². The van der Waals surface area contributed by atoms with Gasteiger partial charge in [-0.15, -0.1) is 0 Å². The number of nitrogens with zero attached hydrogens (tertiary/aromatic N) is 3. The van der Waals surface area contributed by atoms with Crippen LogP contribution in [0.4, 0.5) is 0 Å². The van der Waals surface area contributed by atoms with Gasteiger partial charge in [0.15, 0.2) is 17.3 Å². The van der Waals surface area contributed by atoms with Crippen molar-refractivity contribution in [1.29, 1.82) is 0 Å². The van der Waals surface area contributed by atoms with Gasteiger partial charge < -0.3 is 14.4 Å². The van der Waals surface area contributed by atoms with Crippen molar-refractivity contribution in [2.75, 3.05) is 27.3 Å².